The van der Waals surface area contributed by atoms with Crippen LogP contribution in [0.1, 0.15) is 37.8 Å². The van der Waals surface area contributed by atoms with Gasteiger partial charge in [0.05, 0.1) is 18.9 Å². The lowest BCUT2D eigenvalue weighted by Crippen LogP contribution is -2.25. The van der Waals surface area contributed by atoms with Crippen molar-refractivity contribution in [3.05, 3.63) is 41.7 Å². The highest BCUT2D eigenvalue weighted by Gasteiger charge is 2.18. The Balaban J connectivity index is 2.25. The summed E-state index contributed by atoms with van der Waals surface area (Å²) in [6, 6.07) is 9.02. The van der Waals surface area contributed by atoms with Crippen LogP contribution in [0.2, 0.25) is 0 Å². The molecule has 0 amide bonds. The largest absolute Gasteiger partial charge is 0.501 e. The highest BCUT2D eigenvalue weighted by Crippen LogP contribution is 2.29. The molecule has 3 heteroatoms. The highest BCUT2D eigenvalue weighted by molar-refractivity contribution is 5.49. The summed E-state index contributed by atoms with van der Waals surface area (Å²) in [4.78, 5) is 2.14. The van der Waals surface area contributed by atoms with Gasteiger partial charge in [0.1, 0.15) is 0 Å². The second kappa shape index (κ2) is 7.34. The lowest BCUT2D eigenvalue weighted by molar-refractivity contribution is 0.219. The Labute approximate surface area is 122 Å². The van der Waals surface area contributed by atoms with Crippen molar-refractivity contribution in [3.8, 4) is 0 Å². The lowest BCUT2D eigenvalue weighted by Gasteiger charge is -2.26. The zero-order valence-corrected chi connectivity index (χ0v) is 12.9. The molecule has 20 heavy (non-hydrogen) atoms. The predicted molar refractivity (Wildman–Crippen MR) is 85.1 cm³/mol. The minimum atomic E-state index is 0.273. The summed E-state index contributed by atoms with van der Waals surface area (Å²) < 4.78 is 5.53. The van der Waals surface area contributed by atoms with Gasteiger partial charge in [-0.1, -0.05) is 19.1 Å². The number of nitrogens with zero attached hydrogens (tertiary/aromatic N) is 1. The van der Waals surface area contributed by atoms with E-state index in [2.05, 4.69) is 55.5 Å². The van der Waals surface area contributed by atoms with Crippen molar-refractivity contribution in [1.82, 2.24) is 5.32 Å². The molecule has 1 atom stereocenters. The normalized spacial score (nSPS) is 16.2. The Hall–Kier alpha value is -1.48. The average Bonchev–Trinajstić information content (AvgIpc) is 2.49. The fraction of sp³-hybridized carbons (Fsp3) is 0.529. The van der Waals surface area contributed by atoms with Crippen molar-refractivity contribution in [2.24, 2.45) is 0 Å². The third kappa shape index (κ3) is 3.76. The first-order valence-electron chi connectivity index (χ1n) is 7.53. The molecule has 1 heterocycles. The molecule has 2 rings (SSSR count). The molecule has 0 aromatic heterocycles. The Bertz CT molecular complexity index is 454. The van der Waals surface area contributed by atoms with Crippen molar-refractivity contribution >= 4 is 5.69 Å². The Morgan fingerprint density at radius 1 is 1.35 bits per heavy atom. The van der Waals surface area contributed by atoms with Crippen LogP contribution in [-0.4, -0.2) is 27.2 Å². The summed E-state index contributed by atoms with van der Waals surface area (Å²) in [5.74, 6) is 0. The molecular formula is C17H26N2O. The van der Waals surface area contributed by atoms with Gasteiger partial charge >= 0.3 is 0 Å². The van der Waals surface area contributed by atoms with Crippen LogP contribution in [0.4, 0.5) is 5.69 Å². The van der Waals surface area contributed by atoms with Crippen molar-refractivity contribution in [2.75, 3.05) is 32.1 Å². The summed E-state index contributed by atoms with van der Waals surface area (Å²) in [7, 11) is 4.16. The van der Waals surface area contributed by atoms with Crippen LogP contribution in [0.15, 0.2) is 36.1 Å². The van der Waals surface area contributed by atoms with Gasteiger partial charge < -0.3 is 15.0 Å². The average molecular weight is 274 g/mol. The molecule has 1 N–H and O–H groups in total. The van der Waals surface area contributed by atoms with Crippen molar-refractivity contribution in [1.29, 1.82) is 0 Å². The van der Waals surface area contributed by atoms with E-state index in [4.69, 9.17) is 4.74 Å². The van der Waals surface area contributed by atoms with Gasteiger partial charge in [-0.2, -0.15) is 0 Å². The van der Waals surface area contributed by atoms with Gasteiger partial charge in [-0.25, -0.2) is 0 Å². The second-order valence-electron chi connectivity index (χ2n) is 5.54. The maximum atomic E-state index is 5.53. The number of nitrogens with one attached hydrogen (secondary N) is 1. The predicted octanol–water partition coefficient (Wildman–Crippen LogP) is 3.49. The SMILES string of the molecule is CCCNC(C1=COCCC1)c1cccc(N(C)C)c1. The highest BCUT2D eigenvalue weighted by atomic mass is 16.5. The smallest absolute Gasteiger partial charge is 0.0876 e. The van der Waals surface area contributed by atoms with Crippen LogP contribution in [-0.2, 0) is 4.74 Å². The lowest BCUT2D eigenvalue weighted by atomic mass is 9.94. The first kappa shape index (κ1) is 14.9. The number of hydrogen-bond donors (Lipinski definition) is 1. The standard InChI is InChI=1S/C17H26N2O/c1-4-10-18-17(15-8-6-11-20-13-15)14-7-5-9-16(12-14)19(2)3/h5,7,9,12-13,17-18H,4,6,8,10-11H2,1-3H3. The summed E-state index contributed by atoms with van der Waals surface area (Å²) >= 11 is 0. The van der Waals surface area contributed by atoms with Crippen LogP contribution in [0, 0.1) is 0 Å². The Morgan fingerprint density at radius 3 is 2.85 bits per heavy atom. The van der Waals surface area contributed by atoms with Gasteiger partial charge in [0, 0.05) is 19.8 Å². The molecule has 0 bridgehead atoms. The minimum absolute atomic E-state index is 0.273. The van der Waals surface area contributed by atoms with Gasteiger partial charge in [-0.15, -0.1) is 0 Å². The van der Waals surface area contributed by atoms with Crippen molar-refractivity contribution in [3.63, 3.8) is 0 Å². The van der Waals surface area contributed by atoms with Gasteiger partial charge in [-0.05, 0) is 49.1 Å². The maximum absolute atomic E-state index is 5.53. The topological polar surface area (TPSA) is 24.5 Å². The molecule has 0 aliphatic carbocycles. The number of ether oxygens (including phenoxy) is 1. The molecule has 0 spiro atoms. The first-order valence-corrected chi connectivity index (χ1v) is 7.53. The molecule has 0 radical (unpaired) electrons. The molecule has 1 aliphatic rings. The van der Waals surface area contributed by atoms with Gasteiger partial charge in [-0.3, -0.25) is 0 Å². The zero-order valence-electron chi connectivity index (χ0n) is 12.9. The van der Waals surface area contributed by atoms with Crippen LogP contribution < -0.4 is 10.2 Å². The molecule has 1 aromatic carbocycles. The van der Waals surface area contributed by atoms with Crippen LogP contribution in [0.5, 0.6) is 0 Å². The fourth-order valence-corrected chi connectivity index (χ4v) is 2.53. The summed E-state index contributed by atoms with van der Waals surface area (Å²) in [5, 5.41) is 3.65. The van der Waals surface area contributed by atoms with E-state index in [1.165, 1.54) is 16.8 Å². The van der Waals surface area contributed by atoms with Crippen LogP contribution in [0.25, 0.3) is 0 Å². The Morgan fingerprint density at radius 2 is 2.20 bits per heavy atom. The monoisotopic (exact) mass is 274 g/mol. The molecule has 0 fully saturated rings. The molecule has 0 saturated carbocycles. The van der Waals surface area contributed by atoms with Crippen molar-refractivity contribution in [2.45, 2.75) is 32.2 Å². The van der Waals surface area contributed by atoms with Gasteiger partial charge in [0.15, 0.2) is 0 Å². The molecule has 1 aliphatic heterocycles. The molecule has 1 unspecified atom stereocenters. The van der Waals surface area contributed by atoms with E-state index in [1.54, 1.807) is 0 Å². The minimum Gasteiger partial charge on any atom is -0.501 e. The molecule has 1 aromatic rings. The number of benzene rings is 1. The van der Waals surface area contributed by atoms with E-state index < -0.39 is 0 Å². The van der Waals surface area contributed by atoms with E-state index in [0.29, 0.717) is 0 Å². The quantitative estimate of drug-likeness (QED) is 0.859. The molecule has 0 saturated heterocycles. The maximum Gasteiger partial charge on any atom is 0.0876 e. The van der Waals surface area contributed by atoms with Gasteiger partial charge in [0.2, 0.25) is 0 Å². The van der Waals surface area contributed by atoms with Crippen LogP contribution >= 0.6 is 0 Å². The summed E-state index contributed by atoms with van der Waals surface area (Å²) in [6.07, 6.45) is 5.33. The van der Waals surface area contributed by atoms with Crippen molar-refractivity contribution < 1.29 is 4.74 Å². The van der Waals surface area contributed by atoms with E-state index in [9.17, 15) is 0 Å². The van der Waals surface area contributed by atoms with E-state index in [-0.39, 0.29) is 6.04 Å². The third-order valence-corrected chi connectivity index (χ3v) is 3.65. The number of rotatable bonds is 6. The summed E-state index contributed by atoms with van der Waals surface area (Å²) in [5.41, 5.74) is 3.92. The van der Waals surface area contributed by atoms with Gasteiger partial charge in [0.25, 0.3) is 0 Å². The Kier molecular flexibility index (Phi) is 5.48. The number of anilines is 1. The molecule has 110 valence electrons. The van der Waals surface area contributed by atoms with E-state index in [0.717, 1.165) is 32.4 Å². The first-order chi connectivity index (χ1) is 9.72. The van der Waals surface area contributed by atoms with Crippen LogP contribution in [0.3, 0.4) is 0 Å². The van der Waals surface area contributed by atoms with E-state index in [1.807, 2.05) is 6.26 Å². The van der Waals surface area contributed by atoms with E-state index >= 15 is 0 Å². The third-order valence-electron chi connectivity index (χ3n) is 3.65. The number of hydrogen-bond acceptors (Lipinski definition) is 3. The molecule has 3 nitrogen and oxygen atoms in total. The fourth-order valence-electron chi connectivity index (χ4n) is 2.53. The summed E-state index contributed by atoms with van der Waals surface area (Å²) in [6.45, 7) is 4.07. The second-order valence-corrected chi connectivity index (χ2v) is 5.54. The molecular weight excluding hydrogens is 248 g/mol. The zero-order chi connectivity index (χ0) is 14.4.